The van der Waals surface area contributed by atoms with E-state index in [1.165, 1.54) is 6.42 Å². The highest BCUT2D eigenvalue weighted by Crippen LogP contribution is 2.09. The van der Waals surface area contributed by atoms with Crippen molar-refractivity contribution >= 4 is 11.8 Å². The molecule has 1 unspecified atom stereocenters. The molecule has 10 nitrogen and oxygen atoms in total. The number of nitrogens with one attached hydrogen (secondary N) is 2. The maximum absolute atomic E-state index is 6.59. The van der Waals surface area contributed by atoms with E-state index < -0.39 is 0 Å². The van der Waals surface area contributed by atoms with Gasteiger partial charge >= 0.3 is 0 Å². The number of nitrogens with zero attached hydrogens (tertiary/aromatic N) is 4. The molecule has 36 heavy (non-hydrogen) atoms. The standard InChI is InChI=1S/C25H61ClN10/c1-24(2)22-25(3)23-32-10-15-34(12-6-29)18-20-36(26)21-19-35(13-7-30)17-16-33(11-5-28)14-9-31-8-4-27/h24-25,31-32H,4-23,27-30H2,1-3H3. The van der Waals surface area contributed by atoms with Crippen molar-refractivity contribution in [1.82, 2.24) is 29.8 Å². The second kappa shape index (κ2) is 25.2. The molecular formula is C25H61ClN10. The van der Waals surface area contributed by atoms with Crippen LogP contribution in [0.15, 0.2) is 0 Å². The van der Waals surface area contributed by atoms with Crippen molar-refractivity contribution in [3.63, 3.8) is 0 Å². The summed E-state index contributed by atoms with van der Waals surface area (Å²) in [6.45, 7) is 23.3. The van der Waals surface area contributed by atoms with Gasteiger partial charge in [-0.15, -0.1) is 0 Å². The molecule has 0 bridgehead atoms. The fraction of sp³-hybridized carbons (Fsp3) is 1.00. The lowest BCUT2D eigenvalue weighted by Gasteiger charge is -2.29. The molecule has 0 amide bonds. The molecule has 0 heterocycles. The highest BCUT2D eigenvalue weighted by atomic mass is 35.5. The average Bonchev–Trinajstić information content (AvgIpc) is 2.83. The van der Waals surface area contributed by atoms with Crippen LogP contribution in [0.5, 0.6) is 0 Å². The zero-order valence-electron chi connectivity index (χ0n) is 23.8. The molecule has 0 spiro atoms. The summed E-state index contributed by atoms with van der Waals surface area (Å²) >= 11 is 6.59. The minimum atomic E-state index is 0.643. The maximum Gasteiger partial charge on any atom is 0.0267 e. The van der Waals surface area contributed by atoms with E-state index >= 15 is 0 Å². The Kier molecular flexibility index (Phi) is 25.1. The van der Waals surface area contributed by atoms with Gasteiger partial charge in [0.2, 0.25) is 0 Å². The molecule has 0 saturated heterocycles. The van der Waals surface area contributed by atoms with Crippen LogP contribution in [-0.2, 0) is 0 Å². The molecule has 0 aromatic rings. The molecular weight excluding hydrogens is 476 g/mol. The smallest absolute Gasteiger partial charge is 0.0267 e. The van der Waals surface area contributed by atoms with E-state index in [1.807, 2.05) is 4.42 Å². The summed E-state index contributed by atoms with van der Waals surface area (Å²) in [7, 11) is 0. The molecule has 11 heteroatoms. The van der Waals surface area contributed by atoms with E-state index in [4.69, 9.17) is 34.7 Å². The zero-order chi connectivity index (χ0) is 27.0. The van der Waals surface area contributed by atoms with Gasteiger partial charge in [-0.25, -0.2) is 4.42 Å². The Labute approximate surface area is 227 Å². The summed E-state index contributed by atoms with van der Waals surface area (Å²) in [4.78, 5) is 7.19. The molecule has 0 fully saturated rings. The Balaban J connectivity index is 4.32. The molecule has 0 saturated carbocycles. The van der Waals surface area contributed by atoms with E-state index in [-0.39, 0.29) is 0 Å². The van der Waals surface area contributed by atoms with Crippen LogP contribution in [0, 0.1) is 11.8 Å². The lowest BCUT2D eigenvalue weighted by molar-refractivity contribution is 0.196. The van der Waals surface area contributed by atoms with Crippen LogP contribution in [0.1, 0.15) is 27.2 Å². The minimum Gasteiger partial charge on any atom is -0.329 e. The van der Waals surface area contributed by atoms with Crippen molar-refractivity contribution in [2.45, 2.75) is 27.2 Å². The van der Waals surface area contributed by atoms with Crippen LogP contribution in [0.25, 0.3) is 0 Å². The lowest BCUT2D eigenvalue weighted by Crippen LogP contribution is -2.44. The van der Waals surface area contributed by atoms with Gasteiger partial charge < -0.3 is 33.6 Å². The van der Waals surface area contributed by atoms with Crippen LogP contribution >= 0.6 is 11.8 Å². The molecule has 1 atom stereocenters. The Morgan fingerprint density at radius 1 is 0.556 bits per heavy atom. The van der Waals surface area contributed by atoms with E-state index in [2.05, 4.69) is 46.1 Å². The fourth-order valence-corrected chi connectivity index (χ4v) is 4.54. The number of halogens is 1. The third kappa shape index (κ3) is 21.9. The third-order valence-corrected chi connectivity index (χ3v) is 6.62. The first-order valence-corrected chi connectivity index (χ1v) is 14.5. The lowest BCUT2D eigenvalue weighted by atomic mass is 9.99. The molecule has 0 radical (unpaired) electrons. The average molecular weight is 537 g/mol. The molecule has 0 aliphatic carbocycles. The van der Waals surface area contributed by atoms with E-state index in [9.17, 15) is 0 Å². The predicted molar refractivity (Wildman–Crippen MR) is 157 cm³/mol. The van der Waals surface area contributed by atoms with Crippen molar-refractivity contribution in [3.05, 3.63) is 0 Å². The van der Waals surface area contributed by atoms with Crippen LogP contribution in [0.4, 0.5) is 0 Å². The Morgan fingerprint density at radius 3 is 1.44 bits per heavy atom. The summed E-state index contributed by atoms with van der Waals surface area (Å²) in [5, 5.41) is 6.96. The van der Waals surface area contributed by atoms with Gasteiger partial charge in [0.05, 0.1) is 0 Å². The number of hydrogen-bond acceptors (Lipinski definition) is 10. The van der Waals surface area contributed by atoms with Gasteiger partial charge in [0.1, 0.15) is 0 Å². The summed E-state index contributed by atoms with van der Waals surface area (Å²) < 4.78 is 1.90. The zero-order valence-corrected chi connectivity index (χ0v) is 24.5. The Morgan fingerprint density at radius 2 is 1.00 bits per heavy atom. The highest BCUT2D eigenvalue weighted by molar-refractivity contribution is 6.13. The quantitative estimate of drug-likeness (QED) is 0.0574. The van der Waals surface area contributed by atoms with E-state index in [0.29, 0.717) is 32.1 Å². The predicted octanol–water partition coefficient (Wildman–Crippen LogP) is -0.956. The monoisotopic (exact) mass is 536 g/mol. The van der Waals surface area contributed by atoms with Crippen LogP contribution in [0.2, 0.25) is 0 Å². The largest absolute Gasteiger partial charge is 0.329 e. The maximum atomic E-state index is 6.59. The summed E-state index contributed by atoms with van der Waals surface area (Å²) in [5.41, 5.74) is 23.1. The first kappa shape index (κ1) is 35.9. The summed E-state index contributed by atoms with van der Waals surface area (Å²) in [6, 6.07) is 0. The van der Waals surface area contributed by atoms with Crippen LogP contribution < -0.4 is 33.6 Å². The highest BCUT2D eigenvalue weighted by Gasteiger charge is 2.12. The van der Waals surface area contributed by atoms with Crippen LogP contribution in [-0.4, -0.2) is 143 Å². The minimum absolute atomic E-state index is 0.643. The van der Waals surface area contributed by atoms with Gasteiger partial charge in [-0.05, 0) is 36.6 Å². The fourth-order valence-electron chi connectivity index (χ4n) is 4.39. The molecule has 218 valence electrons. The molecule has 0 aromatic carbocycles. The number of nitrogens with two attached hydrogens (primary N) is 4. The SMILES string of the molecule is CC(C)CC(C)CNCCN(CCN)CCN(Cl)CCN(CCN)CCN(CCN)CCNCCN. The normalized spacial score (nSPS) is 13.2. The van der Waals surface area contributed by atoms with Gasteiger partial charge in [-0.1, -0.05) is 20.8 Å². The van der Waals surface area contributed by atoms with Crippen molar-refractivity contribution < 1.29 is 0 Å². The molecule has 0 aliphatic rings. The second-order valence-corrected chi connectivity index (χ2v) is 10.8. The van der Waals surface area contributed by atoms with Gasteiger partial charge in [0.15, 0.2) is 0 Å². The second-order valence-electron chi connectivity index (χ2n) is 10.3. The van der Waals surface area contributed by atoms with Crippen molar-refractivity contribution in [2.75, 3.05) is 124 Å². The molecule has 0 aromatic heterocycles. The third-order valence-electron chi connectivity index (χ3n) is 6.28. The van der Waals surface area contributed by atoms with Gasteiger partial charge in [0.25, 0.3) is 0 Å². The first-order chi connectivity index (χ1) is 17.4. The van der Waals surface area contributed by atoms with Crippen LogP contribution in [0.3, 0.4) is 0 Å². The van der Waals surface area contributed by atoms with E-state index in [0.717, 1.165) is 104 Å². The summed E-state index contributed by atoms with van der Waals surface area (Å²) in [6.07, 6.45) is 1.26. The molecule has 10 N–H and O–H groups in total. The van der Waals surface area contributed by atoms with Gasteiger partial charge in [-0.3, -0.25) is 14.7 Å². The molecule has 0 rings (SSSR count). The molecule has 0 aliphatic heterocycles. The van der Waals surface area contributed by atoms with Crippen molar-refractivity contribution in [3.8, 4) is 0 Å². The van der Waals surface area contributed by atoms with E-state index in [1.54, 1.807) is 0 Å². The van der Waals surface area contributed by atoms with Crippen molar-refractivity contribution in [2.24, 2.45) is 34.8 Å². The summed E-state index contributed by atoms with van der Waals surface area (Å²) in [5.74, 6) is 1.46. The topological polar surface area (TPSA) is 141 Å². The number of rotatable bonds is 27. The first-order valence-electron chi connectivity index (χ1n) is 14.2. The van der Waals surface area contributed by atoms with Crippen molar-refractivity contribution in [1.29, 1.82) is 0 Å². The Hall–Kier alpha value is -0.110. The number of hydrogen-bond donors (Lipinski definition) is 6. The van der Waals surface area contributed by atoms with Gasteiger partial charge in [-0.2, -0.15) is 0 Å². The van der Waals surface area contributed by atoms with Gasteiger partial charge in [0, 0.05) is 118 Å². The Bertz CT molecular complexity index is 461.